The highest BCUT2D eigenvalue weighted by molar-refractivity contribution is 5.93. The molecule has 0 spiro atoms. The first-order valence-corrected chi connectivity index (χ1v) is 10.6. The fraction of sp³-hybridized carbons (Fsp3) is 0.435. The van der Waals surface area contributed by atoms with Crippen LogP contribution in [0.3, 0.4) is 0 Å². The Morgan fingerprint density at radius 3 is 2.61 bits per heavy atom. The molecule has 31 heavy (non-hydrogen) atoms. The van der Waals surface area contributed by atoms with E-state index in [1.807, 2.05) is 40.9 Å². The summed E-state index contributed by atoms with van der Waals surface area (Å²) in [7, 11) is 7.16. The summed E-state index contributed by atoms with van der Waals surface area (Å²) in [5.41, 5.74) is 5.22. The maximum atomic E-state index is 12.8. The predicted octanol–water partition coefficient (Wildman–Crippen LogP) is 2.13. The lowest BCUT2D eigenvalue weighted by atomic mass is 10.0. The molecule has 1 aliphatic heterocycles. The highest BCUT2D eigenvalue weighted by atomic mass is 16.5. The lowest BCUT2D eigenvalue weighted by Gasteiger charge is -2.27. The quantitative estimate of drug-likeness (QED) is 0.584. The second kappa shape index (κ2) is 8.93. The van der Waals surface area contributed by atoms with Gasteiger partial charge >= 0.3 is 0 Å². The van der Waals surface area contributed by atoms with Crippen LogP contribution in [0.2, 0.25) is 0 Å². The van der Waals surface area contributed by atoms with Gasteiger partial charge in [-0.2, -0.15) is 10.2 Å². The topological polar surface area (TPSA) is 68.4 Å². The molecule has 4 rings (SSSR count). The standard InChI is InChI=1S/C23H30N6O2/c1-26(2)23(30)22-20-16-28(15-18-13-24-27(3)14-18)11-10-21(20)29(25-22)12-9-17-5-7-19(31-4)8-6-17/h5-8,13-14H,9-12,15-16H2,1-4H3. The first-order valence-electron chi connectivity index (χ1n) is 10.6. The van der Waals surface area contributed by atoms with Crippen LogP contribution in [-0.4, -0.2) is 63.0 Å². The van der Waals surface area contributed by atoms with Crippen LogP contribution >= 0.6 is 0 Å². The van der Waals surface area contributed by atoms with Gasteiger partial charge in [-0.05, 0) is 24.1 Å². The van der Waals surface area contributed by atoms with Gasteiger partial charge in [0.25, 0.3) is 5.91 Å². The average molecular weight is 423 g/mol. The van der Waals surface area contributed by atoms with Crippen LogP contribution in [0.1, 0.15) is 32.9 Å². The monoisotopic (exact) mass is 422 g/mol. The number of benzene rings is 1. The fourth-order valence-corrected chi connectivity index (χ4v) is 4.09. The van der Waals surface area contributed by atoms with E-state index in [1.54, 1.807) is 26.1 Å². The molecule has 0 saturated carbocycles. The number of aromatic nitrogens is 4. The van der Waals surface area contributed by atoms with E-state index in [0.29, 0.717) is 5.69 Å². The molecule has 0 unspecified atom stereocenters. The summed E-state index contributed by atoms with van der Waals surface area (Å²) in [6, 6.07) is 8.11. The van der Waals surface area contributed by atoms with Crippen molar-refractivity contribution in [3.63, 3.8) is 0 Å². The highest BCUT2D eigenvalue weighted by Gasteiger charge is 2.29. The Hall–Kier alpha value is -3.13. The van der Waals surface area contributed by atoms with E-state index in [9.17, 15) is 4.79 Å². The number of nitrogens with zero attached hydrogens (tertiary/aromatic N) is 6. The van der Waals surface area contributed by atoms with Crippen molar-refractivity contribution in [3.8, 4) is 5.75 Å². The number of carbonyl (C=O) groups excluding carboxylic acids is 1. The van der Waals surface area contributed by atoms with Gasteiger partial charge in [-0.3, -0.25) is 19.1 Å². The van der Waals surface area contributed by atoms with Crippen molar-refractivity contribution in [1.29, 1.82) is 0 Å². The minimum Gasteiger partial charge on any atom is -0.497 e. The molecule has 8 nitrogen and oxygen atoms in total. The van der Waals surface area contributed by atoms with Crippen LogP contribution in [0.15, 0.2) is 36.7 Å². The van der Waals surface area contributed by atoms with E-state index in [0.717, 1.165) is 50.3 Å². The lowest BCUT2D eigenvalue weighted by Crippen LogP contribution is -2.32. The van der Waals surface area contributed by atoms with Gasteiger partial charge in [-0.15, -0.1) is 0 Å². The summed E-state index contributed by atoms with van der Waals surface area (Å²) in [6.07, 6.45) is 5.68. The third-order valence-electron chi connectivity index (χ3n) is 5.76. The van der Waals surface area contributed by atoms with Crippen molar-refractivity contribution in [1.82, 2.24) is 29.4 Å². The normalized spacial score (nSPS) is 13.8. The summed E-state index contributed by atoms with van der Waals surface area (Å²) in [6.45, 7) is 3.23. The molecule has 1 amide bonds. The zero-order valence-corrected chi connectivity index (χ0v) is 18.7. The molecule has 164 valence electrons. The zero-order chi connectivity index (χ0) is 22.0. The van der Waals surface area contributed by atoms with Crippen LogP contribution in [0.4, 0.5) is 0 Å². The average Bonchev–Trinajstić information content (AvgIpc) is 3.34. The molecule has 0 N–H and O–H groups in total. The Balaban J connectivity index is 1.54. The summed E-state index contributed by atoms with van der Waals surface area (Å²) in [5.74, 6) is 0.815. The van der Waals surface area contributed by atoms with Crippen LogP contribution in [0, 0.1) is 0 Å². The molecular formula is C23H30N6O2. The molecule has 3 heterocycles. The zero-order valence-electron chi connectivity index (χ0n) is 18.7. The number of hydrogen-bond acceptors (Lipinski definition) is 5. The van der Waals surface area contributed by atoms with Crippen molar-refractivity contribution in [2.75, 3.05) is 27.7 Å². The van der Waals surface area contributed by atoms with E-state index >= 15 is 0 Å². The Kier molecular flexibility index (Phi) is 6.08. The fourth-order valence-electron chi connectivity index (χ4n) is 4.09. The van der Waals surface area contributed by atoms with Gasteiger partial charge in [0.1, 0.15) is 5.75 Å². The minimum atomic E-state index is -0.0392. The molecule has 0 bridgehead atoms. The Bertz CT molecular complexity index is 1050. The van der Waals surface area contributed by atoms with E-state index < -0.39 is 0 Å². The molecule has 0 atom stereocenters. The van der Waals surface area contributed by atoms with Crippen molar-refractivity contribution >= 4 is 5.91 Å². The number of amides is 1. The molecule has 0 radical (unpaired) electrons. The molecule has 3 aromatic rings. The third kappa shape index (κ3) is 4.64. The maximum Gasteiger partial charge on any atom is 0.274 e. The van der Waals surface area contributed by atoms with Crippen molar-refractivity contribution in [2.24, 2.45) is 7.05 Å². The number of ether oxygens (including phenoxy) is 1. The van der Waals surface area contributed by atoms with E-state index in [4.69, 9.17) is 9.84 Å². The second-order valence-electron chi connectivity index (χ2n) is 8.28. The van der Waals surface area contributed by atoms with Gasteiger partial charge in [0.2, 0.25) is 0 Å². The molecular weight excluding hydrogens is 392 g/mol. The van der Waals surface area contributed by atoms with Gasteiger partial charge in [-0.1, -0.05) is 12.1 Å². The SMILES string of the molecule is COc1ccc(CCn2nc(C(=O)N(C)C)c3c2CCN(Cc2cnn(C)c2)C3)cc1. The number of hydrogen-bond donors (Lipinski definition) is 0. The van der Waals surface area contributed by atoms with Gasteiger partial charge in [0, 0.05) is 76.8 Å². The van der Waals surface area contributed by atoms with E-state index in [1.165, 1.54) is 16.8 Å². The molecule has 0 aliphatic carbocycles. The lowest BCUT2D eigenvalue weighted by molar-refractivity contribution is 0.0818. The van der Waals surface area contributed by atoms with E-state index in [-0.39, 0.29) is 5.91 Å². The van der Waals surface area contributed by atoms with Crippen LogP contribution < -0.4 is 4.74 Å². The van der Waals surface area contributed by atoms with Crippen molar-refractivity contribution in [2.45, 2.75) is 32.5 Å². The number of aryl methyl sites for hydroxylation is 3. The van der Waals surface area contributed by atoms with Gasteiger partial charge in [-0.25, -0.2) is 0 Å². The van der Waals surface area contributed by atoms with E-state index in [2.05, 4.69) is 22.1 Å². The maximum absolute atomic E-state index is 12.8. The van der Waals surface area contributed by atoms with Crippen LogP contribution in [-0.2, 0) is 39.5 Å². The first kappa shape index (κ1) is 21.1. The Labute approximate surface area is 183 Å². The molecule has 1 aromatic carbocycles. The van der Waals surface area contributed by atoms with Gasteiger partial charge in [0.05, 0.1) is 13.3 Å². The number of methoxy groups -OCH3 is 1. The highest BCUT2D eigenvalue weighted by Crippen LogP contribution is 2.25. The van der Waals surface area contributed by atoms with Crippen molar-refractivity contribution in [3.05, 3.63) is 64.7 Å². The first-order chi connectivity index (χ1) is 14.9. The molecule has 8 heteroatoms. The summed E-state index contributed by atoms with van der Waals surface area (Å²) >= 11 is 0. The number of carbonyl (C=O) groups is 1. The summed E-state index contributed by atoms with van der Waals surface area (Å²) in [4.78, 5) is 16.8. The van der Waals surface area contributed by atoms with Gasteiger partial charge < -0.3 is 9.64 Å². The largest absolute Gasteiger partial charge is 0.497 e. The molecule has 0 fully saturated rings. The molecule has 2 aromatic heterocycles. The number of fused-ring (bicyclic) bond motifs is 1. The Morgan fingerprint density at radius 2 is 1.97 bits per heavy atom. The molecule has 1 aliphatic rings. The van der Waals surface area contributed by atoms with Crippen LogP contribution in [0.5, 0.6) is 5.75 Å². The third-order valence-corrected chi connectivity index (χ3v) is 5.76. The van der Waals surface area contributed by atoms with Crippen LogP contribution in [0.25, 0.3) is 0 Å². The Morgan fingerprint density at radius 1 is 1.19 bits per heavy atom. The van der Waals surface area contributed by atoms with Crippen molar-refractivity contribution < 1.29 is 9.53 Å². The number of rotatable bonds is 7. The second-order valence-corrected chi connectivity index (χ2v) is 8.28. The van der Waals surface area contributed by atoms with Gasteiger partial charge in [0.15, 0.2) is 5.69 Å². The minimum absolute atomic E-state index is 0.0392. The summed E-state index contributed by atoms with van der Waals surface area (Å²) < 4.78 is 9.10. The predicted molar refractivity (Wildman–Crippen MR) is 118 cm³/mol. The molecule has 0 saturated heterocycles. The summed E-state index contributed by atoms with van der Waals surface area (Å²) in [5, 5.41) is 9.03. The smallest absolute Gasteiger partial charge is 0.274 e.